The highest BCUT2D eigenvalue weighted by atomic mass is 35.5. The Balaban J connectivity index is 2.21. The number of carbonyl (C=O) groups excluding carboxylic acids is 1. The normalized spacial score (nSPS) is 16.6. The smallest absolute Gasteiger partial charge is 0.210 e. The molecule has 26 heavy (non-hydrogen) atoms. The molecule has 3 rings (SSSR count). The molecule has 2 aromatic carbocycles. The Morgan fingerprint density at radius 1 is 1.12 bits per heavy atom. The van der Waals surface area contributed by atoms with Gasteiger partial charge in [-0.05, 0) is 60.7 Å². The number of aryl methyl sites for hydroxylation is 1. The number of rotatable bonds is 3. The summed E-state index contributed by atoms with van der Waals surface area (Å²) >= 11 is 5.98. The van der Waals surface area contributed by atoms with E-state index in [1.54, 1.807) is 13.8 Å². The number of aliphatic hydroxyl groups is 1. The zero-order valence-electron chi connectivity index (χ0n) is 15.1. The molecule has 0 aromatic heterocycles. The van der Waals surface area contributed by atoms with E-state index < -0.39 is 5.60 Å². The van der Waals surface area contributed by atoms with Gasteiger partial charge in [-0.2, -0.15) is 0 Å². The standard InChI is InChI=1S/C22H21ClO3/c1-5-14-6-7-16(15-8-10-17(23)11-9-15)12-18(14)19-20(24)13(2)26-22(3,4)21(19)25/h6-12,24H,2,5H2,1,3-4H3. The van der Waals surface area contributed by atoms with Crippen molar-refractivity contribution in [2.45, 2.75) is 32.8 Å². The number of halogens is 1. The molecule has 0 aliphatic carbocycles. The van der Waals surface area contributed by atoms with Gasteiger partial charge in [-0.25, -0.2) is 0 Å². The first kappa shape index (κ1) is 18.3. The molecule has 1 aliphatic heterocycles. The van der Waals surface area contributed by atoms with Gasteiger partial charge in [0.05, 0.1) is 5.57 Å². The van der Waals surface area contributed by atoms with Crippen molar-refractivity contribution < 1.29 is 14.6 Å². The number of benzene rings is 2. The molecule has 0 radical (unpaired) electrons. The van der Waals surface area contributed by atoms with Crippen LogP contribution in [-0.4, -0.2) is 16.5 Å². The number of hydrogen-bond acceptors (Lipinski definition) is 3. The largest absolute Gasteiger partial charge is 0.504 e. The van der Waals surface area contributed by atoms with Crippen molar-refractivity contribution in [2.75, 3.05) is 0 Å². The average Bonchev–Trinajstić information content (AvgIpc) is 2.61. The van der Waals surface area contributed by atoms with Crippen LogP contribution in [0, 0.1) is 0 Å². The van der Waals surface area contributed by atoms with E-state index in [1.807, 2.05) is 49.4 Å². The number of hydrogen-bond donors (Lipinski definition) is 1. The van der Waals surface area contributed by atoms with Crippen LogP contribution in [0.25, 0.3) is 16.7 Å². The molecule has 1 heterocycles. The molecule has 0 atom stereocenters. The Bertz CT molecular complexity index is 921. The van der Waals surface area contributed by atoms with Crippen molar-refractivity contribution in [1.82, 2.24) is 0 Å². The first-order valence-corrected chi connectivity index (χ1v) is 8.88. The quantitative estimate of drug-likeness (QED) is 0.752. The molecular formula is C22H21ClO3. The second-order valence-corrected chi connectivity index (χ2v) is 7.26. The van der Waals surface area contributed by atoms with Crippen molar-refractivity contribution in [3.63, 3.8) is 0 Å². The minimum atomic E-state index is -1.07. The van der Waals surface area contributed by atoms with Crippen LogP contribution in [0.2, 0.25) is 5.02 Å². The maximum absolute atomic E-state index is 13.0. The third kappa shape index (κ3) is 3.15. The lowest BCUT2D eigenvalue weighted by molar-refractivity contribution is -0.131. The molecular weight excluding hydrogens is 348 g/mol. The van der Waals surface area contributed by atoms with Crippen LogP contribution in [0.4, 0.5) is 0 Å². The fraction of sp³-hybridized carbons (Fsp3) is 0.227. The van der Waals surface area contributed by atoms with Gasteiger partial charge < -0.3 is 9.84 Å². The van der Waals surface area contributed by atoms with Gasteiger partial charge in [-0.15, -0.1) is 0 Å². The van der Waals surface area contributed by atoms with Crippen molar-refractivity contribution in [3.8, 4) is 11.1 Å². The second-order valence-electron chi connectivity index (χ2n) is 6.82. The molecule has 2 aromatic rings. The van der Waals surface area contributed by atoms with Gasteiger partial charge in [0.1, 0.15) is 0 Å². The summed E-state index contributed by atoms with van der Waals surface area (Å²) in [5.41, 5.74) is 2.80. The maximum Gasteiger partial charge on any atom is 0.210 e. The Labute approximate surface area is 158 Å². The van der Waals surface area contributed by atoms with Crippen LogP contribution in [0.3, 0.4) is 0 Å². The molecule has 0 bridgehead atoms. The zero-order chi connectivity index (χ0) is 19.1. The first-order valence-electron chi connectivity index (χ1n) is 8.50. The highest BCUT2D eigenvalue weighted by molar-refractivity contribution is 6.30. The van der Waals surface area contributed by atoms with Crippen LogP contribution in [-0.2, 0) is 16.0 Å². The van der Waals surface area contributed by atoms with Crippen molar-refractivity contribution in [2.24, 2.45) is 0 Å². The molecule has 0 unspecified atom stereocenters. The third-order valence-electron chi connectivity index (χ3n) is 4.59. The monoisotopic (exact) mass is 368 g/mol. The summed E-state index contributed by atoms with van der Waals surface area (Å²) in [5, 5.41) is 11.2. The van der Waals surface area contributed by atoms with Crippen molar-refractivity contribution in [3.05, 3.63) is 76.7 Å². The molecule has 134 valence electrons. The van der Waals surface area contributed by atoms with E-state index in [4.69, 9.17) is 16.3 Å². The fourth-order valence-corrected chi connectivity index (χ4v) is 3.27. The zero-order valence-corrected chi connectivity index (χ0v) is 15.9. The summed E-state index contributed by atoms with van der Waals surface area (Å²) in [6, 6.07) is 13.4. The van der Waals surface area contributed by atoms with Crippen molar-refractivity contribution in [1.29, 1.82) is 0 Å². The van der Waals surface area contributed by atoms with Gasteiger partial charge in [-0.1, -0.05) is 49.4 Å². The number of ketones is 1. The van der Waals surface area contributed by atoms with Crippen LogP contribution < -0.4 is 0 Å². The first-order chi connectivity index (χ1) is 12.2. The fourth-order valence-electron chi connectivity index (χ4n) is 3.14. The number of Topliss-reactive ketones (excluding diaryl/α,β-unsaturated/α-hetero) is 1. The Kier molecular flexibility index (Phi) is 4.68. The van der Waals surface area contributed by atoms with Crippen molar-refractivity contribution >= 4 is 23.0 Å². The topological polar surface area (TPSA) is 46.5 Å². The lowest BCUT2D eigenvalue weighted by atomic mass is 9.84. The second kappa shape index (κ2) is 6.65. The molecule has 0 spiro atoms. The minimum absolute atomic E-state index is 0.114. The van der Waals surface area contributed by atoms with Crippen LogP contribution >= 0.6 is 11.6 Å². The van der Waals surface area contributed by atoms with E-state index in [9.17, 15) is 9.90 Å². The molecule has 0 amide bonds. The van der Waals surface area contributed by atoms with E-state index in [-0.39, 0.29) is 22.9 Å². The summed E-state index contributed by atoms with van der Waals surface area (Å²) in [4.78, 5) is 13.0. The summed E-state index contributed by atoms with van der Waals surface area (Å²) in [5.74, 6) is -0.341. The Hall–Kier alpha value is -2.52. The third-order valence-corrected chi connectivity index (χ3v) is 4.84. The van der Waals surface area contributed by atoms with E-state index in [0.29, 0.717) is 10.6 Å². The molecule has 1 N–H and O–H groups in total. The predicted octanol–water partition coefficient (Wildman–Crippen LogP) is 5.73. The molecule has 0 saturated carbocycles. The SMILES string of the molecule is C=C1OC(C)(C)C(=O)C(c2cc(-c3ccc(Cl)cc3)ccc2CC)=C1O. The number of carbonyl (C=O) groups is 1. The highest BCUT2D eigenvalue weighted by Crippen LogP contribution is 2.38. The molecule has 1 aliphatic rings. The van der Waals surface area contributed by atoms with Gasteiger partial charge in [0.15, 0.2) is 17.1 Å². The van der Waals surface area contributed by atoms with Gasteiger partial charge in [0.25, 0.3) is 0 Å². The Morgan fingerprint density at radius 2 is 1.73 bits per heavy atom. The van der Waals surface area contributed by atoms with Gasteiger partial charge in [0, 0.05) is 5.02 Å². The van der Waals surface area contributed by atoms with E-state index in [1.165, 1.54) is 0 Å². The van der Waals surface area contributed by atoms with E-state index in [0.717, 1.165) is 23.1 Å². The summed E-state index contributed by atoms with van der Waals surface area (Å²) < 4.78 is 5.48. The average molecular weight is 369 g/mol. The van der Waals surface area contributed by atoms with Gasteiger partial charge in [-0.3, -0.25) is 4.79 Å². The summed E-state index contributed by atoms with van der Waals surface area (Å²) in [6.07, 6.45) is 0.730. The van der Waals surface area contributed by atoms with Crippen LogP contribution in [0.1, 0.15) is 31.9 Å². The lowest BCUT2D eigenvalue weighted by Gasteiger charge is -2.32. The summed E-state index contributed by atoms with van der Waals surface area (Å²) in [7, 11) is 0. The predicted molar refractivity (Wildman–Crippen MR) is 105 cm³/mol. The lowest BCUT2D eigenvalue weighted by Crippen LogP contribution is -2.39. The van der Waals surface area contributed by atoms with Gasteiger partial charge in [0.2, 0.25) is 5.78 Å². The maximum atomic E-state index is 13.0. The molecule has 0 fully saturated rings. The Morgan fingerprint density at radius 3 is 2.35 bits per heavy atom. The van der Waals surface area contributed by atoms with E-state index in [2.05, 4.69) is 6.58 Å². The highest BCUT2D eigenvalue weighted by Gasteiger charge is 2.41. The van der Waals surface area contributed by atoms with Crippen LogP contribution in [0.5, 0.6) is 0 Å². The summed E-state index contributed by atoms with van der Waals surface area (Å²) in [6.45, 7) is 9.13. The minimum Gasteiger partial charge on any atom is -0.504 e. The molecule has 4 heteroatoms. The van der Waals surface area contributed by atoms with Crippen LogP contribution in [0.15, 0.2) is 60.6 Å². The number of ether oxygens (including phenoxy) is 1. The molecule has 0 saturated heterocycles. The molecule has 3 nitrogen and oxygen atoms in total. The number of aliphatic hydroxyl groups excluding tert-OH is 1. The van der Waals surface area contributed by atoms with Gasteiger partial charge >= 0.3 is 0 Å². The van der Waals surface area contributed by atoms with E-state index >= 15 is 0 Å².